The molecule has 4 aliphatic rings. The van der Waals surface area contributed by atoms with Crippen molar-refractivity contribution in [2.75, 3.05) is 26.0 Å². The van der Waals surface area contributed by atoms with Crippen LogP contribution in [0.1, 0.15) is 32.6 Å². The predicted octanol–water partition coefficient (Wildman–Crippen LogP) is 0.327. The molecule has 3 heterocycles. The molecule has 3 saturated heterocycles. The predicted molar refractivity (Wildman–Crippen MR) is 80.1 cm³/mol. The molecular formula is C14H22N2O6S. The first-order valence-corrected chi connectivity index (χ1v) is 9.74. The quantitative estimate of drug-likeness (QED) is 0.681. The van der Waals surface area contributed by atoms with Crippen LogP contribution in [-0.2, 0) is 24.3 Å². The summed E-state index contributed by atoms with van der Waals surface area (Å²) in [5.74, 6) is -0.521. The standard InChI is InChI=1S/C14H22N2O6S/c1-3-21-12(17)9-15-8-11-14(22-13(15)18)6-4-10(5-7-14)16(11)23(2,19)20/h10-11H,3-9H2,1-2H3. The molecule has 1 unspecified atom stereocenters. The van der Waals surface area contributed by atoms with Gasteiger partial charge in [-0.05, 0) is 32.6 Å². The van der Waals surface area contributed by atoms with Crippen LogP contribution >= 0.6 is 0 Å². The van der Waals surface area contributed by atoms with Gasteiger partial charge in [0, 0.05) is 12.6 Å². The first-order valence-electron chi connectivity index (χ1n) is 7.89. The Kier molecular flexibility index (Phi) is 4.04. The molecule has 130 valence electrons. The number of nitrogens with zero attached hydrogens (tertiary/aromatic N) is 2. The molecule has 2 bridgehead atoms. The lowest BCUT2D eigenvalue weighted by Gasteiger charge is -2.59. The number of esters is 1. The fourth-order valence-electron chi connectivity index (χ4n) is 4.10. The van der Waals surface area contributed by atoms with E-state index in [2.05, 4.69) is 0 Å². The highest BCUT2D eigenvalue weighted by atomic mass is 32.2. The van der Waals surface area contributed by atoms with E-state index < -0.39 is 33.7 Å². The Hall–Kier alpha value is -1.35. The van der Waals surface area contributed by atoms with Crippen LogP contribution in [0.15, 0.2) is 0 Å². The zero-order chi connectivity index (χ0) is 16.8. The van der Waals surface area contributed by atoms with Gasteiger partial charge < -0.3 is 9.47 Å². The molecule has 3 aliphatic heterocycles. The van der Waals surface area contributed by atoms with Crippen molar-refractivity contribution in [2.45, 2.75) is 50.3 Å². The minimum absolute atomic E-state index is 0.0434. The number of ether oxygens (including phenoxy) is 2. The average molecular weight is 346 g/mol. The van der Waals surface area contributed by atoms with Crippen molar-refractivity contribution in [3.8, 4) is 0 Å². The molecule has 23 heavy (non-hydrogen) atoms. The maximum Gasteiger partial charge on any atom is 0.410 e. The van der Waals surface area contributed by atoms with Crippen molar-refractivity contribution < 1.29 is 27.5 Å². The van der Waals surface area contributed by atoms with Crippen LogP contribution in [0.5, 0.6) is 0 Å². The van der Waals surface area contributed by atoms with E-state index in [1.807, 2.05) is 0 Å². The van der Waals surface area contributed by atoms with E-state index in [9.17, 15) is 18.0 Å². The highest BCUT2D eigenvalue weighted by Gasteiger charge is 2.60. The zero-order valence-electron chi connectivity index (χ0n) is 13.4. The van der Waals surface area contributed by atoms with E-state index in [-0.39, 0.29) is 25.7 Å². The Bertz CT molecular complexity index is 611. The fraction of sp³-hybridized carbons (Fsp3) is 0.857. The van der Waals surface area contributed by atoms with Gasteiger partial charge in [0.2, 0.25) is 10.0 Å². The van der Waals surface area contributed by atoms with Gasteiger partial charge in [0.15, 0.2) is 0 Å². The lowest BCUT2D eigenvalue weighted by molar-refractivity contribution is -0.161. The van der Waals surface area contributed by atoms with Gasteiger partial charge in [0.1, 0.15) is 12.1 Å². The molecule has 0 N–H and O–H groups in total. The molecule has 0 aromatic rings. The van der Waals surface area contributed by atoms with Crippen LogP contribution in [0.4, 0.5) is 4.79 Å². The highest BCUT2D eigenvalue weighted by molar-refractivity contribution is 7.88. The zero-order valence-corrected chi connectivity index (χ0v) is 14.2. The third kappa shape index (κ3) is 2.80. The van der Waals surface area contributed by atoms with Crippen LogP contribution in [0.2, 0.25) is 0 Å². The minimum Gasteiger partial charge on any atom is -0.465 e. The van der Waals surface area contributed by atoms with Crippen molar-refractivity contribution in [1.29, 1.82) is 0 Å². The summed E-state index contributed by atoms with van der Waals surface area (Å²) in [7, 11) is -3.41. The molecule has 1 aliphatic carbocycles. The Labute approximate surface area is 135 Å². The van der Waals surface area contributed by atoms with Gasteiger partial charge in [-0.25, -0.2) is 13.2 Å². The fourth-order valence-corrected chi connectivity index (χ4v) is 5.57. The summed E-state index contributed by atoms with van der Waals surface area (Å²) in [5.41, 5.74) is -0.750. The van der Waals surface area contributed by atoms with Gasteiger partial charge in [-0.15, -0.1) is 0 Å². The number of hydrogen-bond donors (Lipinski definition) is 0. The second-order valence-corrected chi connectivity index (χ2v) is 8.35. The SMILES string of the molecule is CCOC(=O)CN1CC2N(S(C)(=O)=O)C3CCC2(CC3)OC1=O. The molecular weight excluding hydrogens is 324 g/mol. The molecule has 9 heteroatoms. The Balaban J connectivity index is 1.85. The number of carbonyl (C=O) groups excluding carboxylic acids is 2. The summed E-state index contributed by atoms with van der Waals surface area (Å²) in [6, 6.07) is -0.477. The second kappa shape index (κ2) is 5.62. The molecule has 1 amide bonds. The summed E-state index contributed by atoms with van der Waals surface area (Å²) in [5, 5.41) is 0. The molecule has 8 nitrogen and oxygen atoms in total. The van der Waals surface area contributed by atoms with Crippen molar-refractivity contribution in [1.82, 2.24) is 9.21 Å². The number of fused-ring (bicyclic) bond motifs is 2. The first kappa shape index (κ1) is 16.5. The molecule has 4 fully saturated rings. The molecule has 1 spiro atoms. The topological polar surface area (TPSA) is 93.2 Å². The summed E-state index contributed by atoms with van der Waals surface area (Å²) >= 11 is 0. The van der Waals surface area contributed by atoms with Crippen LogP contribution in [-0.4, -0.2) is 73.3 Å². The van der Waals surface area contributed by atoms with Crippen LogP contribution in [0.3, 0.4) is 0 Å². The van der Waals surface area contributed by atoms with Crippen LogP contribution in [0.25, 0.3) is 0 Å². The number of piperidine rings is 2. The molecule has 0 aromatic heterocycles. The monoisotopic (exact) mass is 346 g/mol. The van der Waals surface area contributed by atoms with Crippen molar-refractivity contribution in [2.24, 2.45) is 0 Å². The van der Waals surface area contributed by atoms with Crippen LogP contribution < -0.4 is 0 Å². The molecule has 0 aromatic carbocycles. The number of rotatable bonds is 4. The molecule has 0 radical (unpaired) electrons. The number of carbonyl (C=O) groups is 2. The maximum atomic E-state index is 12.3. The van der Waals surface area contributed by atoms with E-state index in [4.69, 9.17) is 9.47 Å². The van der Waals surface area contributed by atoms with E-state index in [0.29, 0.717) is 25.7 Å². The largest absolute Gasteiger partial charge is 0.465 e. The van der Waals surface area contributed by atoms with Gasteiger partial charge in [-0.2, -0.15) is 4.31 Å². The lowest BCUT2D eigenvalue weighted by Crippen LogP contribution is -2.73. The Morgan fingerprint density at radius 2 is 2.04 bits per heavy atom. The Morgan fingerprint density at radius 1 is 1.39 bits per heavy atom. The number of amides is 1. The first-order chi connectivity index (χ1) is 10.8. The van der Waals surface area contributed by atoms with E-state index in [0.717, 1.165) is 0 Å². The maximum absolute atomic E-state index is 12.3. The summed E-state index contributed by atoms with van der Waals surface area (Å²) in [6.07, 6.45) is 3.38. The van der Waals surface area contributed by atoms with Gasteiger partial charge in [-0.3, -0.25) is 9.69 Å². The van der Waals surface area contributed by atoms with Gasteiger partial charge >= 0.3 is 12.1 Å². The van der Waals surface area contributed by atoms with Gasteiger partial charge in [0.05, 0.1) is 18.9 Å². The molecule has 1 atom stereocenters. The smallest absolute Gasteiger partial charge is 0.410 e. The minimum atomic E-state index is -3.41. The van der Waals surface area contributed by atoms with Crippen molar-refractivity contribution in [3.63, 3.8) is 0 Å². The van der Waals surface area contributed by atoms with Crippen LogP contribution in [0, 0.1) is 0 Å². The van der Waals surface area contributed by atoms with E-state index in [1.165, 1.54) is 15.5 Å². The third-order valence-corrected chi connectivity index (χ3v) is 6.34. The van der Waals surface area contributed by atoms with E-state index >= 15 is 0 Å². The van der Waals surface area contributed by atoms with E-state index in [1.54, 1.807) is 6.92 Å². The van der Waals surface area contributed by atoms with Crippen molar-refractivity contribution >= 4 is 22.1 Å². The lowest BCUT2D eigenvalue weighted by atomic mass is 9.71. The number of hydrogen-bond acceptors (Lipinski definition) is 6. The normalized spacial score (nSPS) is 34.0. The Morgan fingerprint density at radius 3 is 2.61 bits per heavy atom. The molecule has 4 rings (SSSR count). The number of sulfonamides is 1. The van der Waals surface area contributed by atoms with Gasteiger partial charge in [-0.1, -0.05) is 0 Å². The summed E-state index contributed by atoms with van der Waals surface area (Å²) in [4.78, 5) is 25.1. The van der Waals surface area contributed by atoms with Crippen molar-refractivity contribution in [3.05, 3.63) is 0 Å². The highest BCUT2D eigenvalue weighted by Crippen LogP contribution is 2.48. The van der Waals surface area contributed by atoms with Gasteiger partial charge in [0.25, 0.3) is 0 Å². The summed E-state index contributed by atoms with van der Waals surface area (Å²) in [6.45, 7) is 1.86. The third-order valence-electron chi connectivity index (χ3n) is 5.03. The second-order valence-electron chi connectivity index (χ2n) is 6.46. The average Bonchev–Trinajstić information content (AvgIpc) is 2.46. The molecule has 1 saturated carbocycles. The summed E-state index contributed by atoms with van der Waals surface area (Å²) < 4.78 is 36.4.